The van der Waals surface area contributed by atoms with Crippen molar-refractivity contribution in [2.24, 2.45) is 5.92 Å². The fourth-order valence-electron chi connectivity index (χ4n) is 5.51. The summed E-state index contributed by atoms with van der Waals surface area (Å²) in [5.74, 6) is -0.862. The molecular weight excluding hydrogens is 564 g/mol. The van der Waals surface area contributed by atoms with Gasteiger partial charge in [-0.1, -0.05) is 6.07 Å². The Balaban J connectivity index is 0.00000461. The number of nitrogens with one attached hydrogen (secondary N) is 1. The highest BCUT2D eigenvalue weighted by Gasteiger charge is 2.30. The number of hydrogen-bond donors (Lipinski definition) is 1. The molecule has 4 aromatic rings. The fourth-order valence-corrected chi connectivity index (χ4v) is 5.51. The molecule has 1 amide bonds. The summed E-state index contributed by atoms with van der Waals surface area (Å²) in [5.41, 5.74) is 2.57. The number of carbonyl (C=O) groups excluding carboxylic acids is 2. The highest BCUT2D eigenvalue weighted by molar-refractivity contribution is 5.96. The number of hydrogen-bond acceptors (Lipinski definition) is 5. The summed E-state index contributed by atoms with van der Waals surface area (Å²) < 4.78 is 41.0. The Bertz CT molecular complexity index is 1640. The third-order valence-corrected chi connectivity index (χ3v) is 7.73. The summed E-state index contributed by atoms with van der Waals surface area (Å²) in [6.07, 6.45) is 9.20. The molecule has 0 bridgehead atoms. The molecule has 0 aliphatic heterocycles. The molecule has 1 fully saturated rings. The van der Waals surface area contributed by atoms with E-state index in [1.807, 2.05) is 39.1 Å². The predicted molar refractivity (Wildman–Crippen MR) is 165 cm³/mol. The van der Waals surface area contributed by atoms with E-state index in [0.29, 0.717) is 34.2 Å². The summed E-state index contributed by atoms with van der Waals surface area (Å²) >= 11 is 0. The molecule has 5 rings (SSSR count). The molecule has 0 spiro atoms. The van der Waals surface area contributed by atoms with Crippen molar-refractivity contribution < 1.29 is 29.3 Å². The molecule has 0 saturated heterocycles. The van der Waals surface area contributed by atoms with Gasteiger partial charge in [0.05, 0.1) is 11.6 Å². The quantitative estimate of drug-likeness (QED) is 0.205. The lowest BCUT2D eigenvalue weighted by Gasteiger charge is -2.30. The van der Waals surface area contributed by atoms with Crippen molar-refractivity contribution in [1.29, 1.82) is 0 Å². The maximum atomic E-state index is 13.5. The number of rotatable bonds is 8. The summed E-state index contributed by atoms with van der Waals surface area (Å²) in [7, 11) is 0. The number of carbonyl (C=O) groups is 2. The van der Waals surface area contributed by atoms with Crippen LogP contribution in [0.4, 0.5) is 8.78 Å². The van der Waals surface area contributed by atoms with Crippen molar-refractivity contribution in [2.45, 2.75) is 71.6 Å². The summed E-state index contributed by atoms with van der Waals surface area (Å²) in [5, 5.41) is 2.72. The van der Waals surface area contributed by atoms with Crippen molar-refractivity contribution in [3.05, 3.63) is 102 Å². The van der Waals surface area contributed by atoms with E-state index in [-0.39, 0.29) is 25.8 Å². The van der Waals surface area contributed by atoms with Gasteiger partial charge >= 0.3 is 5.97 Å². The third kappa shape index (κ3) is 7.70. The van der Waals surface area contributed by atoms with Crippen LogP contribution in [-0.4, -0.2) is 27.0 Å². The molecule has 232 valence electrons. The topological polar surface area (TPSA) is 82.5 Å². The maximum Gasteiger partial charge on any atom is 0.309 e. The van der Waals surface area contributed by atoms with E-state index in [1.165, 1.54) is 12.1 Å². The van der Waals surface area contributed by atoms with E-state index in [9.17, 15) is 18.4 Å². The van der Waals surface area contributed by atoms with Gasteiger partial charge in [-0.3, -0.25) is 14.6 Å². The largest absolute Gasteiger partial charge is 0.460 e. The number of nitrogens with zero attached hydrogens (tertiary/aromatic N) is 2. The first kappa shape index (κ1) is 30.9. The Labute approximate surface area is 257 Å². The Morgan fingerprint density at radius 2 is 1.75 bits per heavy atom. The Morgan fingerprint density at radius 3 is 2.45 bits per heavy atom. The lowest BCUT2D eigenvalue weighted by atomic mass is 9.86. The third-order valence-electron chi connectivity index (χ3n) is 7.73. The molecule has 44 heavy (non-hydrogen) atoms. The maximum absolute atomic E-state index is 13.5. The summed E-state index contributed by atoms with van der Waals surface area (Å²) in [6.45, 7) is 7.45. The molecule has 1 saturated carbocycles. The van der Waals surface area contributed by atoms with E-state index < -0.39 is 17.2 Å². The fraction of sp³-hybridized carbons (Fsp3) is 0.343. The number of esters is 1. The molecule has 9 heteroatoms. The van der Waals surface area contributed by atoms with Crippen molar-refractivity contribution in [3.63, 3.8) is 0 Å². The van der Waals surface area contributed by atoms with Crippen LogP contribution in [0.1, 0.15) is 75.4 Å². The number of pyridine rings is 1. The molecule has 0 radical (unpaired) electrons. The lowest BCUT2D eigenvalue weighted by molar-refractivity contribution is -0.161. The van der Waals surface area contributed by atoms with E-state index in [2.05, 4.69) is 21.1 Å². The van der Waals surface area contributed by atoms with E-state index in [0.717, 1.165) is 43.0 Å². The van der Waals surface area contributed by atoms with Gasteiger partial charge in [0.1, 0.15) is 28.7 Å². The molecular formula is C35H39F2N3O4. The SMILES string of the molecule is Cc1c(Oc2ccnc(-c3ccn(C4CCC(C(=O)OC(C)(C)C)CC4)c3)c2)cccc1C(=O)NCc1cc(F)cc(F)c1.[HH]. The van der Waals surface area contributed by atoms with Gasteiger partial charge in [-0.15, -0.1) is 0 Å². The van der Waals surface area contributed by atoms with Crippen molar-refractivity contribution >= 4 is 11.9 Å². The zero-order chi connectivity index (χ0) is 31.4. The van der Waals surface area contributed by atoms with E-state index in [4.69, 9.17) is 9.47 Å². The average Bonchev–Trinajstić information content (AvgIpc) is 3.47. The van der Waals surface area contributed by atoms with Gasteiger partial charge in [-0.05, 0) is 95.3 Å². The Kier molecular flexibility index (Phi) is 9.13. The molecule has 1 aliphatic carbocycles. The monoisotopic (exact) mass is 603 g/mol. The standard InChI is InChI=1S/C35H37F2N3O4.H2/c1-22-30(33(41)39-20-23-16-26(36)18-27(37)17-23)6-5-7-32(22)43-29-12-14-38-31(19-29)25-13-15-40(21-25)28-10-8-24(9-11-28)34(42)44-35(2,3)4;/h5-7,12-19,21,24,28H,8-11,20H2,1-4H3,(H,39,41);1H. The minimum absolute atomic E-state index is 0. The molecule has 2 aromatic carbocycles. The van der Waals surface area contributed by atoms with Crippen LogP contribution in [0.15, 0.2) is 73.2 Å². The molecule has 0 unspecified atom stereocenters. The van der Waals surface area contributed by atoms with Gasteiger partial charge in [-0.25, -0.2) is 8.78 Å². The van der Waals surface area contributed by atoms with Crippen LogP contribution in [0.25, 0.3) is 11.3 Å². The van der Waals surface area contributed by atoms with Gasteiger partial charge in [0.2, 0.25) is 0 Å². The van der Waals surface area contributed by atoms with Crippen molar-refractivity contribution in [3.8, 4) is 22.8 Å². The predicted octanol–water partition coefficient (Wildman–Crippen LogP) is 8.18. The number of benzene rings is 2. The smallest absolute Gasteiger partial charge is 0.309 e. The summed E-state index contributed by atoms with van der Waals surface area (Å²) in [6, 6.07) is 14.3. The zero-order valence-corrected chi connectivity index (χ0v) is 25.4. The lowest BCUT2D eigenvalue weighted by Crippen LogP contribution is -2.31. The second-order valence-electron chi connectivity index (χ2n) is 12.3. The van der Waals surface area contributed by atoms with Crippen LogP contribution in [0.5, 0.6) is 11.5 Å². The average molecular weight is 604 g/mol. The first-order chi connectivity index (χ1) is 20.9. The Hall–Kier alpha value is -4.53. The van der Waals surface area contributed by atoms with E-state index in [1.54, 1.807) is 37.4 Å². The van der Waals surface area contributed by atoms with Gasteiger partial charge in [-0.2, -0.15) is 0 Å². The first-order valence-electron chi connectivity index (χ1n) is 14.8. The second kappa shape index (κ2) is 13.0. The summed E-state index contributed by atoms with van der Waals surface area (Å²) in [4.78, 5) is 29.9. The molecule has 1 N–H and O–H groups in total. The molecule has 1 aliphatic rings. The van der Waals surface area contributed by atoms with Crippen LogP contribution < -0.4 is 10.1 Å². The normalized spacial score (nSPS) is 16.8. The van der Waals surface area contributed by atoms with Crippen LogP contribution in [0, 0.1) is 24.5 Å². The number of ether oxygens (including phenoxy) is 2. The number of amides is 1. The van der Waals surface area contributed by atoms with Gasteiger partial charge in [0.25, 0.3) is 5.91 Å². The van der Waals surface area contributed by atoms with E-state index >= 15 is 0 Å². The van der Waals surface area contributed by atoms with Gasteiger partial charge in [0, 0.05) is 61.4 Å². The van der Waals surface area contributed by atoms with Crippen LogP contribution in [0.3, 0.4) is 0 Å². The highest BCUT2D eigenvalue weighted by Crippen LogP contribution is 2.35. The second-order valence-corrected chi connectivity index (χ2v) is 12.3. The van der Waals surface area contributed by atoms with Crippen LogP contribution >= 0.6 is 0 Å². The van der Waals surface area contributed by atoms with Crippen LogP contribution in [0.2, 0.25) is 0 Å². The van der Waals surface area contributed by atoms with Crippen molar-refractivity contribution in [2.75, 3.05) is 0 Å². The minimum atomic E-state index is -0.698. The molecule has 0 atom stereocenters. The Morgan fingerprint density at radius 1 is 1.02 bits per heavy atom. The molecule has 7 nitrogen and oxygen atoms in total. The molecule has 2 aromatic heterocycles. The van der Waals surface area contributed by atoms with Crippen molar-refractivity contribution in [1.82, 2.24) is 14.9 Å². The number of halogens is 2. The van der Waals surface area contributed by atoms with Gasteiger partial charge in [0.15, 0.2) is 0 Å². The first-order valence-corrected chi connectivity index (χ1v) is 14.8. The molecule has 2 heterocycles. The highest BCUT2D eigenvalue weighted by atomic mass is 19.1. The minimum Gasteiger partial charge on any atom is -0.460 e. The van der Waals surface area contributed by atoms with Crippen LogP contribution in [-0.2, 0) is 16.1 Å². The van der Waals surface area contributed by atoms with Gasteiger partial charge < -0.3 is 19.4 Å². The number of aromatic nitrogens is 2. The zero-order valence-electron chi connectivity index (χ0n) is 25.4.